The Kier molecular flexibility index (Phi) is 5.58. The largest absolute Gasteiger partial charge is 0.457 e. The first-order chi connectivity index (χ1) is 14.6. The molecule has 0 fully saturated rings. The Bertz CT molecular complexity index is 1200. The second kappa shape index (κ2) is 8.62. The molecule has 2 heterocycles. The summed E-state index contributed by atoms with van der Waals surface area (Å²) in [4.78, 5) is 18.9. The minimum absolute atomic E-state index is 0.267. The van der Waals surface area contributed by atoms with Crippen LogP contribution in [0.3, 0.4) is 0 Å². The standard InChI is InChI=1S/C22H19N5O2S/c1-23-21(28)20-13-16(9-11-25-20)29-15-7-5-14(6-8-15)26-22(30)27-19-4-2-3-18-17(19)10-12-24-18/h2-13,24H,1H3,(H,23,28)(H2,26,27,30). The van der Waals surface area contributed by atoms with Gasteiger partial charge in [-0.15, -0.1) is 0 Å². The molecule has 0 atom stereocenters. The molecule has 30 heavy (non-hydrogen) atoms. The van der Waals surface area contributed by atoms with Crippen LogP contribution < -0.4 is 20.7 Å². The van der Waals surface area contributed by atoms with Gasteiger partial charge in [0.05, 0.1) is 0 Å². The predicted molar refractivity (Wildman–Crippen MR) is 122 cm³/mol. The lowest BCUT2D eigenvalue weighted by atomic mass is 10.2. The average molecular weight is 417 g/mol. The molecule has 1 amide bonds. The topological polar surface area (TPSA) is 91.1 Å². The summed E-state index contributed by atoms with van der Waals surface area (Å²) in [6, 6.07) is 18.6. The number of hydrogen-bond donors (Lipinski definition) is 4. The molecule has 8 heteroatoms. The summed E-state index contributed by atoms with van der Waals surface area (Å²) >= 11 is 5.43. The van der Waals surface area contributed by atoms with Gasteiger partial charge in [-0.1, -0.05) is 6.07 Å². The number of nitrogens with zero attached hydrogens (tertiary/aromatic N) is 1. The van der Waals surface area contributed by atoms with Gasteiger partial charge in [-0.2, -0.15) is 0 Å². The van der Waals surface area contributed by atoms with E-state index in [4.69, 9.17) is 17.0 Å². The molecule has 0 spiro atoms. The highest BCUT2D eigenvalue weighted by Gasteiger charge is 2.07. The van der Waals surface area contributed by atoms with Gasteiger partial charge in [0.25, 0.3) is 5.91 Å². The maximum atomic E-state index is 11.7. The molecule has 0 saturated heterocycles. The van der Waals surface area contributed by atoms with Crippen LogP contribution >= 0.6 is 12.2 Å². The van der Waals surface area contributed by atoms with Crippen LogP contribution in [-0.4, -0.2) is 28.0 Å². The molecule has 0 radical (unpaired) electrons. The Morgan fingerprint density at radius 1 is 1.03 bits per heavy atom. The first-order valence-corrected chi connectivity index (χ1v) is 9.63. The number of pyridine rings is 1. The zero-order chi connectivity index (χ0) is 20.9. The van der Waals surface area contributed by atoms with Crippen molar-refractivity contribution in [3.8, 4) is 11.5 Å². The van der Waals surface area contributed by atoms with Gasteiger partial charge in [0.1, 0.15) is 17.2 Å². The number of ether oxygens (including phenoxy) is 1. The first kappa shape index (κ1) is 19.4. The Balaban J connectivity index is 1.39. The van der Waals surface area contributed by atoms with Crippen molar-refractivity contribution >= 4 is 45.5 Å². The van der Waals surface area contributed by atoms with Crippen molar-refractivity contribution in [1.29, 1.82) is 0 Å². The molecule has 4 N–H and O–H groups in total. The number of H-pyrrole nitrogens is 1. The van der Waals surface area contributed by atoms with E-state index in [1.54, 1.807) is 19.2 Å². The predicted octanol–water partition coefficient (Wildman–Crippen LogP) is 4.52. The molecule has 2 aromatic heterocycles. The molecule has 0 aliphatic heterocycles. The lowest BCUT2D eigenvalue weighted by Crippen LogP contribution is -2.19. The van der Waals surface area contributed by atoms with Crippen LogP contribution in [0.15, 0.2) is 73.1 Å². The summed E-state index contributed by atoms with van der Waals surface area (Å²) in [5.41, 5.74) is 3.08. The van der Waals surface area contributed by atoms with Crippen molar-refractivity contribution < 1.29 is 9.53 Å². The van der Waals surface area contributed by atoms with E-state index in [-0.39, 0.29) is 5.91 Å². The number of anilines is 2. The normalized spacial score (nSPS) is 10.4. The number of amides is 1. The zero-order valence-electron chi connectivity index (χ0n) is 16.1. The fourth-order valence-corrected chi connectivity index (χ4v) is 3.18. The molecule has 0 aliphatic rings. The maximum absolute atomic E-state index is 11.7. The van der Waals surface area contributed by atoms with Crippen LogP contribution in [-0.2, 0) is 0 Å². The Morgan fingerprint density at radius 3 is 2.67 bits per heavy atom. The van der Waals surface area contributed by atoms with E-state index in [0.29, 0.717) is 22.3 Å². The van der Waals surface area contributed by atoms with Gasteiger partial charge in [-0.3, -0.25) is 9.78 Å². The molecule has 150 valence electrons. The van der Waals surface area contributed by atoms with Gasteiger partial charge >= 0.3 is 0 Å². The van der Waals surface area contributed by atoms with Crippen LogP contribution in [0, 0.1) is 0 Å². The average Bonchev–Trinajstić information content (AvgIpc) is 3.25. The van der Waals surface area contributed by atoms with Crippen LogP contribution in [0.4, 0.5) is 11.4 Å². The van der Waals surface area contributed by atoms with Crippen LogP contribution in [0.2, 0.25) is 0 Å². The number of carbonyl (C=O) groups excluding carboxylic acids is 1. The highest BCUT2D eigenvalue weighted by molar-refractivity contribution is 7.80. The number of nitrogens with one attached hydrogen (secondary N) is 4. The van der Waals surface area contributed by atoms with Crippen LogP contribution in [0.25, 0.3) is 10.9 Å². The van der Waals surface area contributed by atoms with Crippen molar-refractivity contribution in [2.75, 3.05) is 17.7 Å². The molecule has 7 nitrogen and oxygen atoms in total. The van der Waals surface area contributed by atoms with Crippen molar-refractivity contribution in [2.45, 2.75) is 0 Å². The highest BCUT2D eigenvalue weighted by Crippen LogP contribution is 2.24. The van der Waals surface area contributed by atoms with E-state index in [0.717, 1.165) is 22.3 Å². The summed E-state index contributed by atoms with van der Waals surface area (Å²) < 4.78 is 5.81. The van der Waals surface area contributed by atoms with E-state index >= 15 is 0 Å². The van der Waals surface area contributed by atoms with Gasteiger partial charge < -0.3 is 25.7 Å². The molecule has 4 rings (SSSR count). The number of thiocarbonyl (C=S) groups is 1. The summed E-state index contributed by atoms with van der Waals surface area (Å²) in [6.07, 6.45) is 3.43. The number of aromatic nitrogens is 2. The molecule has 0 bridgehead atoms. The minimum atomic E-state index is -0.267. The number of carbonyl (C=O) groups is 1. The lowest BCUT2D eigenvalue weighted by molar-refractivity contribution is 0.0958. The SMILES string of the molecule is CNC(=O)c1cc(Oc2ccc(NC(=S)Nc3cccc4[nH]ccc34)cc2)ccn1. The summed E-state index contributed by atoms with van der Waals surface area (Å²) in [5, 5.41) is 10.5. The van der Waals surface area contributed by atoms with E-state index in [1.807, 2.05) is 54.7 Å². The molecular formula is C22H19N5O2S. The quantitative estimate of drug-likeness (QED) is 0.357. The van der Waals surface area contributed by atoms with E-state index < -0.39 is 0 Å². The van der Waals surface area contributed by atoms with Gasteiger partial charge in [-0.05, 0) is 60.7 Å². The lowest BCUT2D eigenvalue weighted by Gasteiger charge is -2.12. The van der Waals surface area contributed by atoms with Crippen LogP contribution in [0.1, 0.15) is 10.5 Å². The molecule has 4 aromatic rings. The minimum Gasteiger partial charge on any atom is -0.457 e. The van der Waals surface area contributed by atoms with Crippen molar-refractivity contribution in [1.82, 2.24) is 15.3 Å². The Labute approximate surface area is 178 Å². The van der Waals surface area contributed by atoms with Gasteiger partial charge in [0.2, 0.25) is 0 Å². The van der Waals surface area contributed by atoms with Crippen molar-refractivity contribution in [3.05, 3.63) is 78.8 Å². The summed E-state index contributed by atoms with van der Waals surface area (Å²) in [7, 11) is 1.56. The maximum Gasteiger partial charge on any atom is 0.269 e. The second-order valence-corrected chi connectivity index (χ2v) is 6.81. The third kappa shape index (κ3) is 4.39. The van der Waals surface area contributed by atoms with Crippen LogP contribution in [0.5, 0.6) is 11.5 Å². The Morgan fingerprint density at radius 2 is 1.87 bits per heavy atom. The Hall–Kier alpha value is -3.91. The number of hydrogen-bond acceptors (Lipinski definition) is 4. The summed E-state index contributed by atoms with van der Waals surface area (Å²) in [6.45, 7) is 0. The fourth-order valence-electron chi connectivity index (χ4n) is 2.95. The smallest absolute Gasteiger partial charge is 0.269 e. The number of rotatable bonds is 5. The van der Waals surface area contributed by atoms with E-state index in [1.165, 1.54) is 6.20 Å². The van der Waals surface area contributed by atoms with Gasteiger partial charge in [0, 0.05) is 47.8 Å². The first-order valence-electron chi connectivity index (χ1n) is 9.22. The van der Waals surface area contributed by atoms with Gasteiger partial charge in [-0.25, -0.2) is 0 Å². The van der Waals surface area contributed by atoms with Gasteiger partial charge in [0.15, 0.2) is 5.11 Å². The third-order valence-electron chi connectivity index (χ3n) is 4.38. The number of benzene rings is 2. The fraction of sp³-hybridized carbons (Fsp3) is 0.0455. The summed E-state index contributed by atoms with van der Waals surface area (Å²) in [5.74, 6) is 0.892. The van der Waals surface area contributed by atoms with Crippen molar-refractivity contribution in [2.24, 2.45) is 0 Å². The third-order valence-corrected chi connectivity index (χ3v) is 4.59. The highest BCUT2D eigenvalue weighted by atomic mass is 32.1. The zero-order valence-corrected chi connectivity index (χ0v) is 16.9. The van der Waals surface area contributed by atoms with E-state index in [9.17, 15) is 4.79 Å². The molecule has 0 unspecified atom stereocenters. The number of aromatic amines is 1. The molecule has 0 aliphatic carbocycles. The monoisotopic (exact) mass is 417 g/mol. The van der Waals surface area contributed by atoms with Crippen molar-refractivity contribution in [3.63, 3.8) is 0 Å². The second-order valence-electron chi connectivity index (χ2n) is 6.41. The number of fused-ring (bicyclic) bond motifs is 1. The molecular weight excluding hydrogens is 398 g/mol. The van der Waals surface area contributed by atoms with E-state index in [2.05, 4.69) is 25.9 Å². The molecule has 0 saturated carbocycles. The molecule has 2 aromatic carbocycles.